The Labute approximate surface area is 110 Å². The minimum Gasteiger partial charge on any atom is -0.391 e. The minimum absolute atomic E-state index is 0.366. The first-order valence-electron chi connectivity index (χ1n) is 4.92. The van der Waals surface area contributed by atoms with Gasteiger partial charge in [-0.2, -0.15) is 0 Å². The lowest BCUT2D eigenvalue weighted by molar-refractivity contribution is 0.173. The topological polar surface area (TPSA) is 54.4 Å². The molecule has 0 saturated carbocycles. The third-order valence-electron chi connectivity index (χ3n) is 2.58. The average molecular weight is 354 g/mol. The van der Waals surface area contributed by atoms with Crippen LogP contribution in [-0.2, 0) is 16.3 Å². The van der Waals surface area contributed by atoms with E-state index >= 15 is 0 Å². The fourth-order valence-corrected chi connectivity index (χ4v) is 2.34. The molecular formula is C11H15IO3S. The van der Waals surface area contributed by atoms with E-state index in [0.717, 1.165) is 15.4 Å². The minimum atomic E-state index is -3.18. The largest absolute Gasteiger partial charge is 0.391 e. The van der Waals surface area contributed by atoms with Crippen LogP contribution in [0.25, 0.3) is 0 Å². The Kier molecular flexibility index (Phi) is 4.75. The van der Waals surface area contributed by atoms with Crippen molar-refractivity contribution in [1.82, 2.24) is 0 Å². The molecule has 2 unspecified atom stereocenters. The smallest absolute Gasteiger partial charge is 0.152 e. The number of halogens is 1. The zero-order valence-electron chi connectivity index (χ0n) is 9.22. The molecule has 2 atom stereocenters. The van der Waals surface area contributed by atoms with E-state index in [9.17, 15) is 13.5 Å². The van der Waals surface area contributed by atoms with Crippen molar-refractivity contribution >= 4 is 32.4 Å². The van der Waals surface area contributed by atoms with Gasteiger partial charge in [-0.1, -0.05) is 12.1 Å². The molecule has 0 bridgehead atoms. The van der Waals surface area contributed by atoms with Crippen LogP contribution in [-0.4, -0.2) is 31.1 Å². The molecule has 1 rings (SSSR count). The monoisotopic (exact) mass is 354 g/mol. The van der Waals surface area contributed by atoms with Crippen LogP contribution in [0, 0.1) is 3.57 Å². The highest BCUT2D eigenvalue weighted by atomic mass is 127. The van der Waals surface area contributed by atoms with Crippen LogP contribution >= 0.6 is 22.6 Å². The molecule has 0 radical (unpaired) electrons. The first-order chi connectivity index (χ1) is 7.30. The van der Waals surface area contributed by atoms with Gasteiger partial charge in [-0.3, -0.25) is 0 Å². The van der Waals surface area contributed by atoms with Crippen molar-refractivity contribution in [3.63, 3.8) is 0 Å². The van der Waals surface area contributed by atoms with Gasteiger partial charge in [-0.15, -0.1) is 0 Å². The summed E-state index contributed by atoms with van der Waals surface area (Å²) in [5.74, 6) is 0. The van der Waals surface area contributed by atoms with Crippen molar-refractivity contribution in [2.75, 3.05) is 6.26 Å². The van der Waals surface area contributed by atoms with E-state index in [-0.39, 0.29) is 0 Å². The highest BCUT2D eigenvalue weighted by molar-refractivity contribution is 14.1. The lowest BCUT2D eigenvalue weighted by atomic mass is 10.1. The first-order valence-corrected chi connectivity index (χ1v) is 7.95. The van der Waals surface area contributed by atoms with Crippen LogP contribution in [0.3, 0.4) is 0 Å². The van der Waals surface area contributed by atoms with Crippen molar-refractivity contribution < 1.29 is 13.5 Å². The van der Waals surface area contributed by atoms with E-state index in [1.807, 2.05) is 24.3 Å². The Hall–Kier alpha value is -0.140. The van der Waals surface area contributed by atoms with Crippen LogP contribution < -0.4 is 0 Å². The molecule has 0 aliphatic rings. The molecule has 3 nitrogen and oxygen atoms in total. The van der Waals surface area contributed by atoms with Crippen molar-refractivity contribution in [2.45, 2.75) is 24.7 Å². The summed E-state index contributed by atoms with van der Waals surface area (Å²) in [7, 11) is -3.18. The van der Waals surface area contributed by atoms with Gasteiger partial charge in [0.25, 0.3) is 0 Å². The Bertz CT molecular complexity index is 439. The zero-order valence-corrected chi connectivity index (χ0v) is 12.2. The lowest BCUT2D eigenvalue weighted by Gasteiger charge is -2.17. The molecule has 90 valence electrons. The Balaban J connectivity index is 2.71. The molecule has 0 amide bonds. The number of rotatable bonds is 4. The van der Waals surface area contributed by atoms with Crippen LogP contribution in [0.15, 0.2) is 24.3 Å². The quantitative estimate of drug-likeness (QED) is 0.837. The summed E-state index contributed by atoms with van der Waals surface area (Å²) in [6.07, 6.45) is 0.662. The molecule has 0 aromatic heterocycles. The van der Waals surface area contributed by atoms with Gasteiger partial charge in [0.15, 0.2) is 9.84 Å². The summed E-state index contributed by atoms with van der Waals surface area (Å²) in [6.45, 7) is 1.53. The third-order valence-corrected chi connectivity index (χ3v) is 4.96. The predicted molar refractivity (Wildman–Crippen MR) is 73.2 cm³/mol. The van der Waals surface area contributed by atoms with E-state index in [4.69, 9.17) is 0 Å². The number of sulfone groups is 1. The Morgan fingerprint density at radius 1 is 1.31 bits per heavy atom. The molecule has 0 aliphatic heterocycles. The molecular weight excluding hydrogens is 339 g/mol. The van der Waals surface area contributed by atoms with Gasteiger partial charge in [0, 0.05) is 9.83 Å². The van der Waals surface area contributed by atoms with Crippen LogP contribution in [0.4, 0.5) is 0 Å². The van der Waals surface area contributed by atoms with Gasteiger partial charge < -0.3 is 5.11 Å². The fraction of sp³-hybridized carbons (Fsp3) is 0.455. The molecule has 5 heteroatoms. The molecule has 1 aromatic rings. The summed E-state index contributed by atoms with van der Waals surface area (Å²) in [6, 6.07) is 7.68. The number of benzene rings is 1. The summed E-state index contributed by atoms with van der Waals surface area (Å²) >= 11 is 2.20. The molecule has 0 aliphatic carbocycles. The predicted octanol–water partition coefficient (Wildman–Crippen LogP) is 1.63. The molecule has 0 heterocycles. The van der Waals surface area contributed by atoms with E-state index in [2.05, 4.69) is 22.6 Å². The van der Waals surface area contributed by atoms with Crippen LogP contribution in [0.1, 0.15) is 12.5 Å². The average Bonchev–Trinajstić information content (AvgIpc) is 2.19. The zero-order chi connectivity index (χ0) is 12.3. The lowest BCUT2D eigenvalue weighted by Crippen LogP contribution is -2.32. The summed E-state index contributed by atoms with van der Waals surface area (Å²) < 4.78 is 23.6. The SMILES string of the molecule is CC(C(O)Cc1ccc(I)cc1)S(C)(=O)=O. The number of aliphatic hydroxyl groups is 1. The van der Waals surface area contributed by atoms with Crippen LogP contribution in [0.2, 0.25) is 0 Å². The molecule has 0 saturated heterocycles. The van der Waals surface area contributed by atoms with E-state index in [1.165, 1.54) is 6.92 Å². The molecule has 1 N–H and O–H groups in total. The van der Waals surface area contributed by atoms with Crippen molar-refractivity contribution in [1.29, 1.82) is 0 Å². The molecule has 0 spiro atoms. The first kappa shape index (κ1) is 13.9. The van der Waals surface area contributed by atoms with Gasteiger partial charge in [-0.05, 0) is 53.6 Å². The van der Waals surface area contributed by atoms with Gasteiger partial charge in [0.2, 0.25) is 0 Å². The second kappa shape index (κ2) is 5.46. The Morgan fingerprint density at radius 2 is 1.81 bits per heavy atom. The maximum absolute atomic E-state index is 11.3. The van der Waals surface area contributed by atoms with Crippen molar-refractivity contribution in [3.05, 3.63) is 33.4 Å². The summed E-state index contributed by atoms with van der Waals surface area (Å²) in [5.41, 5.74) is 0.948. The second-order valence-corrected chi connectivity index (χ2v) is 7.58. The van der Waals surface area contributed by atoms with Crippen molar-refractivity contribution in [2.24, 2.45) is 0 Å². The molecule has 0 fully saturated rings. The van der Waals surface area contributed by atoms with Crippen LogP contribution in [0.5, 0.6) is 0 Å². The number of hydrogen-bond acceptors (Lipinski definition) is 3. The molecule has 1 aromatic carbocycles. The van der Waals surface area contributed by atoms with Gasteiger partial charge in [0.05, 0.1) is 11.4 Å². The number of aliphatic hydroxyl groups excluding tert-OH is 1. The van der Waals surface area contributed by atoms with E-state index < -0.39 is 21.2 Å². The van der Waals surface area contributed by atoms with E-state index in [0.29, 0.717) is 6.42 Å². The third kappa shape index (κ3) is 4.03. The highest BCUT2D eigenvalue weighted by Crippen LogP contribution is 2.13. The summed E-state index contributed by atoms with van der Waals surface area (Å²) in [5, 5.41) is 9.07. The van der Waals surface area contributed by atoms with Gasteiger partial charge in [-0.25, -0.2) is 8.42 Å². The van der Waals surface area contributed by atoms with Gasteiger partial charge >= 0.3 is 0 Å². The van der Waals surface area contributed by atoms with E-state index in [1.54, 1.807) is 0 Å². The molecule has 16 heavy (non-hydrogen) atoms. The standard InChI is InChI=1S/C11H15IO3S/c1-8(16(2,14)15)11(13)7-9-3-5-10(12)6-4-9/h3-6,8,11,13H,7H2,1-2H3. The van der Waals surface area contributed by atoms with Gasteiger partial charge in [0.1, 0.15) is 0 Å². The maximum atomic E-state index is 11.3. The second-order valence-electron chi connectivity index (χ2n) is 3.93. The normalized spacial score (nSPS) is 15.8. The Morgan fingerprint density at radius 3 is 2.25 bits per heavy atom. The summed E-state index contributed by atoms with van der Waals surface area (Å²) in [4.78, 5) is 0. The maximum Gasteiger partial charge on any atom is 0.152 e. The fourth-order valence-electron chi connectivity index (χ4n) is 1.31. The number of hydrogen-bond donors (Lipinski definition) is 1. The highest BCUT2D eigenvalue weighted by Gasteiger charge is 2.23. The van der Waals surface area contributed by atoms with Crippen molar-refractivity contribution in [3.8, 4) is 0 Å².